The maximum Gasteiger partial charge on any atom is 0.329 e. The lowest BCUT2D eigenvalue weighted by Crippen LogP contribution is -2.54. The van der Waals surface area contributed by atoms with E-state index in [1.807, 2.05) is 63.5 Å². The molecule has 0 bridgehead atoms. The maximum atomic E-state index is 12.0. The van der Waals surface area contributed by atoms with E-state index in [1.54, 1.807) is 45.7 Å². The van der Waals surface area contributed by atoms with E-state index < -0.39 is 5.97 Å². The summed E-state index contributed by atoms with van der Waals surface area (Å²) < 4.78 is 5.16. The zero-order valence-electron chi connectivity index (χ0n) is 91.2. The fraction of sp³-hybridized carbons (Fsp3) is 0.809. The molecule has 774 valence electrons. The zero-order valence-corrected chi connectivity index (χ0v) is 91.2. The first-order valence-corrected chi connectivity index (χ1v) is 53.1. The monoisotopic (exact) mass is 1890 g/mol. The first-order valence-electron chi connectivity index (χ1n) is 53.1. The number of para-hydroxylation sites is 1. The number of piperidine rings is 5. The van der Waals surface area contributed by atoms with Crippen LogP contribution in [0.1, 0.15) is 295 Å². The fourth-order valence-corrected chi connectivity index (χ4v) is 20.7. The van der Waals surface area contributed by atoms with Gasteiger partial charge >= 0.3 is 18.0 Å². The Kier molecular flexibility index (Phi) is 55.7. The number of anilines is 1. The number of esters is 1. The fourth-order valence-electron chi connectivity index (χ4n) is 20.7. The average molecular weight is 1890 g/mol. The van der Waals surface area contributed by atoms with Crippen molar-refractivity contribution < 1.29 is 48.2 Å². The van der Waals surface area contributed by atoms with Crippen LogP contribution in [0.4, 0.5) is 10.5 Å². The Balaban J connectivity index is 0.000000314. The largest absolute Gasteiger partial charge is 0.480 e. The molecule has 25 heteroatoms. The number of ketones is 4. The standard InChI is InChI=1S/C16H23N.C14H19NO2.C11H23N3O.C11H21NO.C10H20N2O.3C10H19NO.C9H19N3.C9H17NO2/c1-13(2)17-9-7-16(8-10-17)11-14-5-3-4-6-15(14)12-16;1-4-17-14(16)13-9-11-7-5-6-8-12(11)15(13)10(2)3;1-9(2)12-11(15)14-7-5-13(6-8-14)10(3)4;1-9(2)11-4-6-12(7-5-11)8-10(3)13;1-9(2)12-6-4-11(5-7-12)8-10(3)13;2*1-8(2)11-6-4-10(5-7-11)9(3)12;1-8(2)10-4-6-11(7-5-10)9(3)12;1-8(2)11-4-6-12(7-5-11)9(3)10;1-6(2)10-5-7(3)4-8(10)9(11)12/h3-6,13H,7-12H2,1-2H3;5-8,10,13H,4,9H2,1-3H3;9-10H,5-8H2,1-4H3,(H,12,15);9,11H,4-8H2,1-3H3;9H,4-8H2,1-3H3;4*8,10H,4-7H2,1-3H3;6-8H,4-5H2,1-3H3,(H,11,12)/t;;;;;;;;;7-,8+/m.........1/s1. The number of nitrogens with zero attached hydrogens (tertiary/aromatic N) is 13. The molecule has 0 radical (unpaired) electrons. The predicted octanol–water partition coefficient (Wildman–Crippen LogP) is 16.8. The summed E-state index contributed by atoms with van der Waals surface area (Å²) in [6.07, 6.45) is 16.2. The smallest absolute Gasteiger partial charge is 0.329 e. The minimum atomic E-state index is -0.673. The third kappa shape index (κ3) is 43.8. The van der Waals surface area contributed by atoms with Gasteiger partial charge in [-0.3, -0.25) is 63.6 Å². The lowest BCUT2D eigenvalue weighted by Gasteiger charge is -2.41. The number of piperazine rings is 3. The van der Waals surface area contributed by atoms with Crippen LogP contribution in [0.25, 0.3) is 0 Å². The molecule has 3 amide bonds. The van der Waals surface area contributed by atoms with E-state index >= 15 is 0 Å². The van der Waals surface area contributed by atoms with E-state index in [9.17, 15) is 38.4 Å². The summed E-state index contributed by atoms with van der Waals surface area (Å²) in [4.78, 5) is 119. The molecule has 1 unspecified atom stereocenters. The molecule has 3 N–H and O–H groups in total. The highest BCUT2D eigenvalue weighted by Crippen LogP contribution is 2.45. The Morgan fingerprint density at radius 3 is 1.12 bits per heavy atom. The number of amidine groups is 1. The van der Waals surface area contributed by atoms with Crippen molar-refractivity contribution in [2.75, 3.05) is 175 Å². The van der Waals surface area contributed by atoms with Gasteiger partial charge in [-0.2, -0.15) is 0 Å². The van der Waals surface area contributed by atoms with Crippen LogP contribution < -0.4 is 10.2 Å². The molecule has 10 heterocycles. The Labute approximate surface area is 823 Å². The number of carboxylic acid groups (broad SMARTS) is 1. The highest BCUT2D eigenvalue weighted by molar-refractivity contribution is 5.84. The predicted molar refractivity (Wildman–Crippen MR) is 560 cm³/mol. The molecule has 11 aliphatic rings. The third-order valence-electron chi connectivity index (χ3n) is 29.9. The number of nitrogens with one attached hydrogen (secondary N) is 2. The van der Waals surface area contributed by atoms with E-state index in [4.69, 9.17) is 15.3 Å². The van der Waals surface area contributed by atoms with Crippen molar-refractivity contribution in [3.8, 4) is 0 Å². The topological polar surface area (TPSA) is 244 Å². The molecule has 2 aromatic carbocycles. The van der Waals surface area contributed by atoms with Crippen molar-refractivity contribution in [3.63, 3.8) is 0 Å². The Hall–Kier alpha value is -6.29. The molecule has 2 aromatic rings. The van der Waals surface area contributed by atoms with Gasteiger partial charge in [0.1, 0.15) is 35.2 Å². The van der Waals surface area contributed by atoms with Crippen LogP contribution in [0.2, 0.25) is 0 Å². The van der Waals surface area contributed by atoms with Crippen LogP contribution in [0.15, 0.2) is 48.5 Å². The number of benzene rings is 2. The Morgan fingerprint density at radius 2 is 0.785 bits per heavy atom. The van der Waals surface area contributed by atoms with E-state index in [-0.39, 0.29) is 41.8 Å². The molecule has 135 heavy (non-hydrogen) atoms. The summed E-state index contributed by atoms with van der Waals surface area (Å²) in [7, 11) is 0. The molecular weight excluding hydrogens is 1690 g/mol. The number of fused-ring (bicyclic) bond motifs is 2. The molecule has 25 nitrogen and oxygen atoms in total. The number of carbonyl (C=O) groups is 8. The summed E-state index contributed by atoms with van der Waals surface area (Å²) in [5.41, 5.74) is 6.24. The molecule has 0 saturated carbocycles. The van der Waals surface area contributed by atoms with Gasteiger partial charge < -0.3 is 49.5 Å². The lowest BCUT2D eigenvalue weighted by atomic mass is 9.76. The summed E-state index contributed by atoms with van der Waals surface area (Å²) in [6.45, 7) is 88.5. The van der Waals surface area contributed by atoms with Gasteiger partial charge in [-0.15, -0.1) is 0 Å². The van der Waals surface area contributed by atoms with Gasteiger partial charge in [0.2, 0.25) is 5.91 Å². The summed E-state index contributed by atoms with van der Waals surface area (Å²) in [5, 5.41) is 19.3. The van der Waals surface area contributed by atoms with Gasteiger partial charge in [0.25, 0.3) is 0 Å². The Morgan fingerprint density at radius 1 is 0.422 bits per heavy atom. The van der Waals surface area contributed by atoms with Crippen LogP contribution in [-0.2, 0) is 57.6 Å². The summed E-state index contributed by atoms with van der Waals surface area (Å²) in [6, 6.07) is 21.7. The maximum absolute atomic E-state index is 12.0. The molecule has 9 saturated heterocycles. The van der Waals surface area contributed by atoms with Crippen LogP contribution in [0.5, 0.6) is 0 Å². The minimum absolute atomic E-state index is 0.0772. The van der Waals surface area contributed by atoms with E-state index in [1.165, 1.54) is 75.7 Å². The van der Waals surface area contributed by atoms with Crippen LogP contribution >= 0.6 is 0 Å². The number of likely N-dealkylation sites (tertiary alicyclic amines) is 6. The number of ether oxygens (including phenoxy) is 1. The van der Waals surface area contributed by atoms with E-state index in [0.717, 1.165) is 206 Å². The third-order valence-corrected chi connectivity index (χ3v) is 29.9. The van der Waals surface area contributed by atoms with Crippen molar-refractivity contribution in [2.24, 2.45) is 46.8 Å². The highest BCUT2D eigenvalue weighted by atomic mass is 16.5. The Bertz CT molecular complexity index is 3510. The average Bonchev–Trinajstić information content (AvgIpc) is 1.64. The minimum Gasteiger partial charge on any atom is -0.480 e. The van der Waals surface area contributed by atoms with Crippen molar-refractivity contribution in [3.05, 3.63) is 65.2 Å². The number of rotatable bonds is 20. The van der Waals surface area contributed by atoms with Crippen LogP contribution in [-0.4, -0.2) is 353 Å². The van der Waals surface area contributed by atoms with Crippen molar-refractivity contribution in [2.45, 2.75) is 364 Å². The molecule has 1 aliphatic carbocycles. The molecule has 13 rings (SSSR count). The van der Waals surface area contributed by atoms with Gasteiger partial charge in [0.05, 0.1) is 25.5 Å². The van der Waals surface area contributed by atoms with Crippen molar-refractivity contribution in [1.29, 1.82) is 5.41 Å². The number of hydrogen-bond acceptors (Lipinski definition) is 20. The SMILES string of the molecule is CC(=N)N1CCN(C(C)C)CC1.CC(=O)C1CCN(C(C)C)CC1.CC(=O)C1CCN(C(C)C)CC1.CC(=O)CN1CCC(C(C)C)CC1.CC(=O)CN1CCN(C(C)C)CC1.CC(=O)N1CCC(C(C)C)CC1.CC(C)N1CCC2(CC1)Cc1ccccc1C2.CC(C)N1C[C@H](C)C[C@H]1C(=O)O.CC(C)NC(=O)N1CCN(C(C)C)CC1.CCOC(=O)C1Cc2ccccc2N1C(C)C. The van der Waals surface area contributed by atoms with Crippen LogP contribution in [0, 0.1) is 52.2 Å². The van der Waals surface area contributed by atoms with E-state index in [2.05, 4.69) is 227 Å². The molecule has 0 aromatic heterocycles. The number of Topliss-reactive ketones (excluding diaryl/α,β-unsaturated/α-hetero) is 4. The molecule has 3 atom stereocenters. The van der Waals surface area contributed by atoms with Gasteiger partial charge in [-0.1, -0.05) is 77.1 Å². The quantitative estimate of drug-likeness (QED) is 0.0634. The molecule has 9 fully saturated rings. The normalized spacial score (nSPS) is 21.6. The van der Waals surface area contributed by atoms with Crippen molar-refractivity contribution >= 4 is 58.5 Å². The number of amides is 3. The second-order valence-corrected chi connectivity index (χ2v) is 44.0. The number of carboxylic acids is 1. The van der Waals surface area contributed by atoms with Crippen LogP contribution in [0.3, 0.4) is 0 Å². The number of urea groups is 1. The number of carbonyl (C=O) groups excluding carboxylic acids is 7. The molecule has 10 aliphatic heterocycles. The second kappa shape index (κ2) is 62.1. The molecular formula is C110H199N15O10. The highest BCUT2D eigenvalue weighted by Gasteiger charge is 2.42. The number of aliphatic carboxylic acids is 1. The summed E-state index contributed by atoms with van der Waals surface area (Å²) >= 11 is 0. The number of hydrogen-bond donors (Lipinski definition) is 3. The lowest BCUT2D eigenvalue weighted by molar-refractivity contribution is -0.145. The second-order valence-electron chi connectivity index (χ2n) is 44.0. The van der Waals surface area contributed by atoms with E-state index in [0.29, 0.717) is 108 Å². The van der Waals surface area contributed by atoms with Gasteiger partial charge in [0.15, 0.2) is 0 Å². The van der Waals surface area contributed by atoms with Crippen molar-refractivity contribution in [1.82, 2.24) is 64.1 Å². The van der Waals surface area contributed by atoms with Gasteiger partial charge in [-0.05, 0) is 360 Å². The molecule has 1 spiro atoms. The van der Waals surface area contributed by atoms with Gasteiger partial charge in [-0.25, -0.2) is 9.59 Å². The van der Waals surface area contributed by atoms with Gasteiger partial charge in [0, 0.05) is 183 Å². The summed E-state index contributed by atoms with van der Waals surface area (Å²) in [5.74, 6) is 5.98. The zero-order chi connectivity index (χ0) is 101. The first kappa shape index (κ1) is 121. The first-order chi connectivity index (χ1) is 63.5.